The molecule has 14 heteroatoms. The second-order valence-electron chi connectivity index (χ2n) is 9.33. The van der Waals surface area contributed by atoms with E-state index in [0.717, 1.165) is 21.9 Å². The van der Waals surface area contributed by atoms with Crippen molar-refractivity contribution in [2.24, 2.45) is 0 Å². The van der Waals surface area contributed by atoms with E-state index in [1.54, 1.807) is 11.7 Å². The van der Waals surface area contributed by atoms with E-state index in [1.807, 2.05) is 31.2 Å². The van der Waals surface area contributed by atoms with Gasteiger partial charge in [-0.2, -0.15) is 14.9 Å². The van der Waals surface area contributed by atoms with Crippen LogP contribution in [0.15, 0.2) is 61.4 Å². The molecule has 0 saturated carbocycles. The van der Waals surface area contributed by atoms with Gasteiger partial charge in [0.1, 0.15) is 42.1 Å². The molecule has 41 heavy (non-hydrogen) atoms. The van der Waals surface area contributed by atoms with Crippen LogP contribution in [0.3, 0.4) is 0 Å². The van der Waals surface area contributed by atoms with Gasteiger partial charge in [0.2, 0.25) is 0 Å². The average molecular weight is 559 g/mol. The fourth-order valence-corrected chi connectivity index (χ4v) is 4.45. The molecule has 1 unspecified atom stereocenters. The maximum Gasteiger partial charge on any atom is 0.345 e. The van der Waals surface area contributed by atoms with Crippen molar-refractivity contribution in [2.45, 2.75) is 19.5 Å². The predicted octanol–water partition coefficient (Wildman–Crippen LogP) is 2.91. The summed E-state index contributed by atoms with van der Waals surface area (Å²) in [6, 6.07) is 10.6. The van der Waals surface area contributed by atoms with Crippen molar-refractivity contribution in [3.05, 3.63) is 78.4 Å². The molecule has 0 aliphatic rings. The van der Waals surface area contributed by atoms with Crippen molar-refractivity contribution in [2.75, 3.05) is 26.4 Å². The number of methoxy groups -OCH3 is 1. The molecule has 13 nitrogen and oxygen atoms in total. The number of carbonyl (C=O) groups excluding carboxylic acids is 2. The van der Waals surface area contributed by atoms with Crippen LogP contribution in [0.2, 0.25) is 0 Å². The molecule has 3 heterocycles. The quantitative estimate of drug-likeness (QED) is 0.292. The van der Waals surface area contributed by atoms with Gasteiger partial charge in [0.05, 0.1) is 24.1 Å². The number of aromatic nitrogens is 7. The normalized spacial score (nSPS) is 11.8. The number of nitrogens with one attached hydrogen (secondary N) is 1. The van der Waals surface area contributed by atoms with Crippen molar-refractivity contribution in [3.8, 4) is 17.0 Å². The van der Waals surface area contributed by atoms with E-state index >= 15 is 0 Å². The van der Waals surface area contributed by atoms with Crippen molar-refractivity contribution in [3.63, 3.8) is 0 Å². The van der Waals surface area contributed by atoms with Gasteiger partial charge in [0.25, 0.3) is 5.91 Å². The molecule has 0 aliphatic heterocycles. The third-order valence-corrected chi connectivity index (χ3v) is 6.50. The van der Waals surface area contributed by atoms with Crippen LogP contribution in [0.4, 0.5) is 15.0 Å². The molecule has 210 valence electrons. The first-order valence-corrected chi connectivity index (χ1v) is 12.6. The number of rotatable bonds is 8. The van der Waals surface area contributed by atoms with Crippen LogP contribution in [0, 0.1) is 5.82 Å². The van der Waals surface area contributed by atoms with Crippen molar-refractivity contribution in [1.82, 2.24) is 44.7 Å². The van der Waals surface area contributed by atoms with Crippen molar-refractivity contribution in [1.29, 1.82) is 0 Å². The topological polar surface area (TPSA) is 159 Å². The van der Waals surface area contributed by atoms with Crippen LogP contribution in [0.5, 0.6) is 5.75 Å². The van der Waals surface area contributed by atoms with Gasteiger partial charge in [0, 0.05) is 25.7 Å². The minimum Gasteiger partial charge on any atom is -0.496 e. The number of ether oxygens (including phenoxy) is 1. The number of benzene rings is 2. The molecular weight excluding hydrogens is 531 g/mol. The molecule has 0 spiro atoms. The summed E-state index contributed by atoms with van der Waals surface area (Å²) in [7, 11) is 3.08. The minimum atomic E-state index is -0.530. The lowest BCUT2D eigenvalue weighted by molar-refractivity contribution is 0.0947. The Bertz CT molecular complexity index is 1700. The van der Waals surface area contributed by atoms with Crippen LogP contribution < -0.4 is 15.8 Å². The third-order valence-electron chi connectivity index (χ3n) is 6.50. The number of likely N-dealkylation sites (N-methyl/N-ethyl adjacent to an activating group) is 1. The lowest BCUT2D eigenvalue weighted by Gasteiger charge is -2.21. The number of nitrogens with two attached hydrogens (primary N) is 1. The molecule has 0 bridgehead atoms. The Balaban J connectivity index is 1.35. The molecule has 2 amide bonds. The predicted molar refractivity (Wildman–Crippen MR) is 147 cm³/mol. The molecule has 0 radical (unpaired) electrons. The number of amides is 2. The first-order valence-electron chi connectivity index (χ1n) is 12.6. The summed E-state index contributed by atoms with van der Waals surface area (Å²) >= 11 is 0. The summed E-state index contributed by atoms with van der Waals surface area (Å²) < 4.78 is 21.7. The number of carbonyl (C=O) groups is 2. The fourth-order valence-electron chi connectivity index (χ4n) is 4.45. The van der Waals surface area contributed by atoms with Crippen LogP contribution in [-0.4, -0.2) is 72.1 Å². The number of fused-ring (bicyclic) bond motifs is 1. The standard InChI is InChI=1S/C27H27FN10O3/c1-16(12-36(2)27(40)37-15-30-13-34-37)38-25-22(24(29)32-14-33-25)23(35-38)18-6-4-17(5-7-18)11-31-26(39)20-10-19(28)8-9-21(20)41-3/h4-10,13-16H,11-12H2,1-3H3,(H,31,39)(H2,29,32,33). The lowest BCUT2D eigenvalue weighted by Crippen LogP contribution is -2.35. The van der Waals surface area contributed by atoms with E-state index in [-0.39, 0.29) is 35.7 Å². The molecule has 1 atom stereocenters. The molecule has 3 aromatic heterocycles. The summed E-state index contributed by atoms with van der Waals surface area (Å²) in [6.45, 7) is 2.44. The van der Waals surface area contributed by atoms with Gasteiger partial charge in [-0.05, 0) is 30.7 Å². The Morgan fingerprint density at radius 1 is 1.15 bits per heavy atom. The van der Waals surface area contributed by atoms with Gasteiger partial charge in [0.15, 0.2) is 5.65 Å². The first-order chi connectivity index (χ1) is 19.8. The molecule has 0 aliphatic carbocycles. The van der Waals surface area contributed by atoms with E-state index in [9.17, 15) is 14.0 Å². The van der Waals surface area contributed by atoms with E-state index < -0.39 is 11.7 Å². The van der Waals surface area contributed by atoms with Crippen LogP contribution in [0.25, 0.3) is 22.3 Å². The van der Waals surface area contributed by atoms with Gasteiger partial charge in [-0.1, -0.05) is 24.3 Å². The van der Waals surface area contributed by atoms with E-state index in [0.29, 0.717) is 23.3 Å². The van der Waals surface area contributed by atoms with Crippen LogP contribution >= 0.6 is 0 Å². The summed E-state index contributed by atoms with van der Waals surface area (Å²) in [6.07, 6.45) is 4.01. The Hall–Kier alpha value is -5.40. The summed E-state index contributed by atoms with van der Waals surface area (Å²) in [5.74, 6) is -0.431. The number of halogens is 1. The zero-order chi connectivity index (χ0) is 29.1. The number of hydrogen-bond donors (Lipinski definition) is 2. The smallest absolute Gasteiger partial charge is 0.345 e. The first kappa shape index (κ1) is 27.2. The fraction of sp³-hybridized carbons (Fsp3) is 0.222. The van der Waals surface area contributed by atoms with Gasteiger partial charge in [-0.15, -0.1) is 0 Å². The van der Waals surface area contributed by atoms with E-state index in [4.69, 9.17) is 15.6 Å². The maximum absolute atomic E-state index is 13.7. The highest BCUT2D eigenvalue weighted by Gasteiger charge is 2.23. The molecule has 0 saturated heterocycles. The maximum atomic E-state index is 13.7. The SMILES string of the molecule is COc1ccc(F)cc1C(=O)NCc1ccc(-c2nn(C(C)CN(C)C(=O)n3cncn3)c3ncnc(N)c23)cc1. The zero-order valence-electron chi connectivity index (χ0n) is 22.5. The molecule has 2 aromatic carbocycles. The van der Waals surface area contributed by atoms with Crippen molar-refractivity contribution >= 4 is 28.8 Å². The summed E-state index contributed by atoms with van der Waals surface area (Å²) in [5.41, 5.74) is 9.04. The number of nitrogen functional groups attached to an aromatic ring is 1. The molecule has 3 N–H and O–H groups in total. The largest absolute Gasteiger partial charge is 0.496 e. The number of hydrogen-bond acceptors (Lipinski definition) is 9. The van der Waals surface area contributed by atoms with Gasteiger partial charge in [-0.3, -0.25) is 4.79 Å². The van der Waals surface area contributed by atoms with Gasteiger partial charge in [-0.25, -0.2) is 28.8 Å². The molecule has 5 rings (SSSR count). The Morgan fingerprint density at radius 2 is 1.93 bits per heavy atom. The molecule has 5 aromatic rings. The highest BCUT2D eigenvalue weighted by molar-refractivity contribution is 5.98. The van der Waals surface area contributed by atoms with Crippen LogP contribution in [0.1, 0.15) is 28.9 Å². The molecule has 0 fully saturated rings. The zero-order valence-corrected chi connectivity index (χ0v) is 22.5. The Morgan fingerprint density at radius 3 is 2.63 bits per heavy atom. The number of nitrogens with zero attached hydrogens (tertiary/aromatic N) is 8. The second kappa shape index (κ2) is 11.4. The van der Waals surface area contributed by atoms with Crippen LogP contribution in [-0.2, 0) is 6.54 Å². The van der Waals surface area contributed by atoms with Gasteiger partial charge < -0.3 is 20.7 Å². The molecular formula is C27H27FN10O3. The van der Waals surface area contributed by atoms with Gasteiger partial charge >= 0.3 is 6.03 Å². The second-order valence-corrected chi connectivity index (χ2v) is 9.33. The van der Waals surface area contributed by atoms with E-state index in [1.165, 1.54) is 43.1 Å². The van der Waals surface area contributed by atoms with E-state index in [2.05, 4.69) is 25.4 Å². The highest BCUT2D eigenvalue weighted by atomic mass is 19.1. The number of anilines is 1. The summed E-state index contributed by atoms with van der Waals surface area (Å²) in [4.78, 5) is 39.2. The monoisotopic (exact) mass is 558 g/mol. The average Bonchev–Trinajstić information content (AvgIpc) is 3.65. The minimum absolute atomic E-state index is 0.111. The Kier molecular flexibility index (Phi) is 7.54. The lowest BCUT2D eigenvalue weighted by atomic mass is 10.1. The summed E-state index contributed by atoms with van der Waals surface area (Å²) in [5, 5.41) is 12.1. The Labute approximate surface area is 233 Å². The van der Waals surface area contributed by atoms with Crippen molar-refractivity contribution < 1.29 is 18.7 Å². The third kappa shape index (κ3) is 5.52. The highest BCUT2D eigenvalue weighted by Crippen LogP contribution is 2.32.